The van der Waals surface area contributed by atoms with Gasteiger partial charge >= 0.3 is 0 Å². The summed E-state index contributed by atoms with van der Waals surface area (Å²) in [4.78, 5) is 25.7. The number of nitrogens with one attached hydrogen (secondary N) is 2. The Morgan fingerprint density at radius 3 is 2.65 bits per heavy atom. The number of carbonyl (C=O) groups is 2. The van der Waals surface area contributed by atoms with E-state index in [1.54, 1.807) is 30.1 Å². The van der Waals surface area contributed by atoms with Gasteiger partial charge in [0.15, 0.2) is 9.84 Å². The molecule has 1 aliphatic rings. The monoisotopic (exact) mass is 421 g/mol. The fourth-order valence-corrected chi connectivity index (χ4v) is 4.62. The summed E-state index contributed by atoms with van der Waals surface area (Å²) in [6.07, 6.45) is 0.616. The molecule has 0 radical (unpaired) electrons. The highest BCUT2D eigenvalue weighted by atomic mass is 35.5. The summed E-state index contributed by atoms with van der Waals surface area (Å²) in [6.45, 7) is 0.447. The molecule has 7 nitrogen and oxygen atoms in total. The van der Waals surface area contributed by atoms with Crippen LogP contribution < -0.4 is 10.6 Å². The predicted octanol–water partition coefficient (Wildman–Crippen LogP) is 1.56. The van der Waals surface area contributed by atoms with Crippen molar-refractivity contribution in [3.05, 3.63) is 28.2 Å². The molecule has 26 heavy (non-hydrogen) atoms. The average molecular weight is 422 g/mol. The average Bonchev–Trinajstić information content (AvgIpc) is 2.87. The van der Waals surface area contributed by atoms with Gasteiger partial charge in [0, 0.05) is 24.0 Å². The van der Waals surface area contributed by atoms with Crippen LogP contribution in [-0.4, -0.2) is 62.8 Å². The minimum atomic E-state index is -3.03. The van der Waals surface area contributed by atoms with Gasteiger partial charge < -0.3 is 10.6 Å². The Hall–Kier alpha value is -1.35. The number of rotatable bonds is 7. The van der Waals surface area contributed by atoms with Crippen LogP contribution in [0.2, 0.25) is 10.0 Å². The molecular formula is C16H21Cl2N3O4S. The lowest BCUT2D eigenvalue weighted by Gasteiger charge is -2.18. The molecule has 1 unspecified atom stereocenters. The number of nitrogens with zero attached hydrogens (tertiary/aromatic N) is 1. The molecule has 10 heteroatoms. The first-order valence-electron chi connectivity index (χ1n) is 8.08. The van der Waals surface area contributed by atoms with Crippen LogP contribution in [0, 0.1) is 0 Å². The number of likely N-dealkylation sites (N-methyl/N-ethyl adjacent to an activating group) is 1. The number of benzene rings is 1. The van der Waals surface area contributed by atoms with Crippen molar-refractivity contribution in [2.75, 3.05) is 37.0 Å². The summed E-state index contributed by atoms with van der Waals surface area (Å²) in [6, 6.07) is 4.46. The van der Waals surface area contributed by atoms with Crippen molar-refractivity contribution in [1.29, 1.82) is 0 Å². The minimum absolute atomic E-state index is 0.00868. The van der Waals surface area contributed by atoms with Gasteiger partial charge in [0.25, 0.3) is 0 Å². The van der Waals surface area contributed by atoms with Gasteiger partial charge in [-0.25, -0.2) is 8.42 Å². The van der Waals surface area contributed by atoms with Crippen molar-refractivity contribution in [2.45, 2.75) is 18.9 Å². The van der Waals surface area contributed by atoms with Crippen molar-refractivity contribution in [1.82, 2.24) is 10.2 Å². The molecule has 1 atom stereocenters. The largest absolute Gasteiger partial charge is 0.351 e. The maximum Gasteiger partial charge on any atom is 0.234 e. The third-order valence-corrected chi connectivity index (χ3v) is 6.27. The molecule has 1 saturated heterocycles. The first-order chi connectivity index (χ1) is 12.1. The molecule has 2 amide bonds. The zero-order valence-electron chi connectivity index (χ0n) is 14.3. The highest BCUT2D eigenvalue weighted by Crippen LogP contribution is 2.25. The highest BCUT2D eigenvalue weighted by molar-refractivity contribution is 7.91. The van der Waals surface area contributed by atoms with Crippen LogP contribution in [0.5, 0.6) is 0 Å². The van der Waals surface area contributed by atoms with E-state index in [-0.39, 0.29) is 42.3 Å². The number of halogens is 2. The fourth-order valence-electron chi connectivity index (χ4n) is 2.60. The normalized spacial score (nSPS) is 18.7. The van der Waals surface area contributed by atoms with Crippen LogP contribution in [0.3, 0.4) is 0 Å². The summed E-state index contributed by atoms with van der Waals surface area (Å²) in [5.41, 5.74) is 0.437. The second kappa shape index (κ2) is 9.03. The van der Waals surface area contributed by atoms with Gasteiger partial charge in [-0.3, -0.25) is 14.5 Å². The van der Waals surface area contributed by atoms with E-state index < -0.39 is 9.84 Å². The van der Waals surface area contributed by atoms with Crippen LogP contribution in [0.4, 0.5) is 5.69 Å². The lowest BCUT2D eigenvalue weighted by Crippen LogP contribution is -2.42. The lowest BCUT2D eigenvalue weighted by atomic mass is 10.2. The fraction of sp³-hybridized carbons (Fsp3) is 0.500. The first kappa shape index (κ1) is 21.0. The van der Waals surface area contributed by atoms with E-state index in [0.717, 1.165) is 0 Å². The van der Waals surface area contributed by atoms with Crippen LogP contribution in [0.25, 0.3) is 0 Å². The Kier molecular flexibility index (Phi) is 7.28. The summed E-state index contributed by atoms with van der Waals surface area (Å²) in [5, 5.41) is 6.25. The number of amides is 2. The van der Waals surface area contributed by atoms with Crippen molar-refractivity contribution in [2.24, 2.45) is 0 Å². The van der Waals surface area contributed by atoms with E-state index in [1.807, 2.05) is 0 Å². The smallest absolute Gasteiger partial charge is 0.234 e. The maximum atomic E-state index is 12.0. The molecule has 0 spiro atoms. The van der Waals surface area contributed by atoms with E-state index in [4.69, 9.17) is 23.2 Å². The number of hydrogen-bond acceptors (Lipinski definition) is 5. The van der Waals surface area contributed by atoms with Gasteiger partial charge in [0.2, 0.25) is 11.8 Å². The van der Waals surface area contributed by atoms with Crippen LogP contribution in [0.1, 0.15) is 12.8 Å². The molecule has 0 aromatic heterocycles. The number of anilines is 1. The van der Waals surface area contributed by atoms with Crippen molar-refractivity contribution in [3.63, 3.8) is 0 Å². The summed E-state index contributed by atoms with van der Waals surface area (Å²) >= 11 is 11.9. The number of hydrogen-bond donors (Lipinski definition) is 2. The van der Waals surface area contributed by atoms with E-state index in [1.165, 1.54) is 0 Å². The first-order valence-corrected chi connectivity index (χ1v) is 10.7. The van der Waals surface area contributed by atoms with Crippen LogP contribution in [-0.2, 0) is 19.4 Å². The molecular weight excluding hydrogens is 401 g/mol. The van der Waals surface area contributed by atoms with Crippen molar-refractivity contribution in [3.8, 4) is 0 Å². The van der Waals surface area contributed by atoms with Gasteiger partial charge in [-0.2, -0.15) is 0 Å². The molecule has 0 aliphatic carbocycles. The molecule has 1 aromatic rings. The van der Waals surface area contributed by atoms with Gasteiger partial charge in [-0.05, 0) is 31.7 Å². The molecule has 144 valence electrons. The summed E-state index contributed by atoms with van der Waals surface area (Å²) < 4.78 is 22.8. The van der Waals surface area contributed by atoms with E-state index >= 15 is 0 Å². The Morgan fingerprint density at radius 1 is 1.27 bits per heavy atom. The van der Waals surface area contributed by atoms with E-state index in [9.17, 15) is 18.0 Å². The topological polar surface area (TPSA) is 95.6 Å². The molecule has 2 rings (SSSR count). The van der Waals surface area contributed by atoms with Gasteiger partial charge in [0.05, 0.1) is 28.8 Å². The molecule has 1 fully saturated rings. The third-order valence-electron chi connectivity index (χ3n) is 3.93. The highest BCUT2D eigenvalue weighted by Gasteiger charge is 2.28. The Bertz CT molecular complexity index is 786. The van der Waals surface area contributed by atoms with Crippen molar-refractivity contribution < 1.29 is 18.0 Å². The van der Waals surface area contributed by atoms with Gasteiger partial charge in [-0.1, -0.05) is 23.2 Å². The Labute approximate surface area is 162 Å². The number of sulfone groups is 1. The second-order valence-corrected chi connectivity index (χ2v) is 9.40. The van der Waals surface area contributed by atoms with Crippen molar-refractivity contribution >= 4 is 50.5 Å². The standard InChI is InChI=1S/C16H21Cl2N3O4S/c1-21(9-16(23)19-12-5-7-26(24,25)10-12)6-4-15(22)20-14-8-11(17)2-3-13(14)18/h2-3,8,12H,4-7,9-10H2,1H3,(H,19,23)(H,20,22). The summed E-state index contributed by atoms with van der Waals surface area (Å²) in [7, 11) is -1.32. The second-order valence-electron chi connectivity index (χ2n) is 6.33. The Balaban J connectivity index is 1.72. The third kappa shape index (κ3) is 6.75. The zero-order chi connectivity index (χ0) is 19.3. The summed E-state index contributed by atoms with van der Waals surface area (Å²) in [5.74, 6) is -0.401. The molecule has 1 aromatic carbocycles. The molecule has 1 heterocycles. The van der Waals surface area contributed by atoms with Crippen LogP contribution >= 0.6 is 23.2 Å². The van der Waals surface area contributed by atoms with E-state index in [2.05, 4.69) is 10.6 Å². The minimum Gasteiger partial charge on any atom is -0.351 e. The predicted molar refractivity (Wildman–Crippen MR) is 102 cm³/mol. The van der Waals surface area contributed by atoms with Gasteiger partial charge in [0.1, 0.15) is 0 Å². The zero-order valence-corrected chi connectivity index (χ0v) is 16.6. The SMILES string of the molecule is CN(CCC(=O)Nc1cc(Cl)ccc1Cl)CC(=O)NC1CCS(=O)(=O)C1. The Morgan fingerprint density at radius 2 is 2.00 bits per heavy atom. The quantitative estimate of drug-likeness (QED) is 0.696. The maximum absolute atomic E-state index is 12.0. The molecule has 2 N–H and O–H groups in total. The van der Waals surface area contributed by atoms with E-state index in [0.29, 0.717) is 28.7 Å². The molecule has 0 bridgehead atoms. The van der Waals surface area contributed by atoms with Gasteiger partial charge in [-0.15, -0.1) is 0 Å². The lowest BCUT2D eigenvalue weighted by molar-refractivity contribution is -0.123. The number of carbonyl (C=O) groups excluding carboxylic acids is 2. The molecule has 0 saturated carbocycles. The molecule has 1 aliphatic heterocycles. The van der Waals surface area contributed by atoms with Crippen LogP contribution in [0.15, 0.2) is 18.2 Å².